The van der Waals surface area contributed by atoms with Crippen molar-refractivity contribution < 1.29 is 0 Å². The second-order valence-electron chi connectivity index (χ2n) is 16.5. The van der Waals surface area contributed by atoms with Crippen LogP contribution in [0.5, 0.6) is 0 Å². The van der Waals surface area contributed by atoms with E-state index < -0.39 is 5.41 Å². The molecule has 59 heavy (non-hydrogen) atoms. The SMILES string of the molecule is CC1(C)c2cc(-c3nc(-c4ccccc4)cc(-c4ccccc4)n3)ccc2-c2ccc(C3(c4ccccc4)c4ccccc4-n4c5ccccc5c5cccc3c54)cc21. The molecule has 0 amide bonds. The van der Waals surface area contributed by atoms with Gasteiger partial charge in [0, 0.05) is 32.9 Å². The second-order valence-corrected chi connectivity index (χ2v) is 16.5. The molecule has 1 aliphatic carbocycles. The van der Waals surface area contributed by atoms with E-state index >= 15 is 0 Å². The molecule has 3 heteroatoms. The minimum atomic E-state index is -0.563. The van der Waals surface area contributed by atoms with Gasteiger partial charge in [-0.1, -0.05) is 190 Å². The molecule has 1 aliphatic heterocycles. The fourth-order valence-electron chi connectivity index (χ4n) is 10.4. The van der Waals surface area contributed by atoms with Crippen LogP contribution in [-0.2, 0) is 10.8 Å². The molecule has 8 aromatic carbocycles. The predicted molar refractivity (Wildman–Crippen MR) is 242 cm³/mol. The zero-order chi connectivity index (χ0) is 39.3. The van der Waals surface area contributed by atoms with Gasteiger partial charge in [-0.15, -0.1) is 0 Å². The Morgan fingerprint density at radius 1 is 0.407 bits per heavy atom. The van der Waals surface area contributed by atoms with Gasteiger partial charge in [-0.25, -0.2) is 9.97 Å². The van der Waals surface area contributed by atoms with Crippen molar-refractivity contribution in [3.63, 3.8) is 0 Å². The molecule has 1 unspecified atom stereocenters. The molecule has 0 saturated carbocycles. The Hall–Kier alpha value is -7.36. The number of para-hydroxylation sites is 3. The third-order valence-electron chi connectivity index (χ3n) is 13.1. The monoisotopic (exact) mass is 753 g/mol. The van der Waals surface area contributed by atoms with Crippen molar-refractivity contribution in [2.45, 2.75) is 24.7 Å². The van der Waals surface area contributed by atoms with E-state index in [1.54, 1.807) is 0 Å². The van der Waals surface area contributed by atoms with Crippen LogP contribution in [0.15, 0.2) is 200 Å². The van der Waals surface area contributed by atoms with E-state index in [9.17, 15) is 0 Å². The zero-order valence-electron chi connectivity index (χ0n) is 32.9. The number of hydrogen-bond acceptors (Lipinski definition) is 2. The van der Waals surface area contributed by atoms with Crippen molar-refractivity contribution in [1.82, 2.24) is 14.5 Å². The van der Waals surface area contributed by atoms with Crippen LogP contribution in [0.25, 0.3) is 72.5 Å². The summed E-state index contributed by atoms with van der Waals surface area (Å²) in [7, 11) is 0. The molecule has 2 aromatic heterocycles. The number of benzene rings is 8. The van der Waals surface area contributed by atoms with Gasteiger partial charge in [0.05, 0.1) is 33.5 Å². The summed E-state index contributed by atoms with van der Waals surface area (Å²) in [5.74, 6) is 0.728. The molecule has 0 fully saturated rings. The maximum absolute atomic E-state index is 5.20. The molecular weight excluding hydrogens is 715 g/mol. The fourth-order valence-corrected chi connectivity index (χ4v) is 10.4. The van der Waals surface area contributed by atoms with Crippen LogP contribution in [0.4, 0.5) is 0 Å². The average molecular weight is 754 g/mol. The van der Waals surface area contributed by atoms with Crippen LogP contribution in [-0.4, -0.2) is 14.5 Å². The third kappa shape index (κ3) is 4.76. The second kappa shape index (κ2) is 12.6. The minimum Gasteiger partial charge on any atom is -0.309 e. The van der Waals surface area contributed by atoms with Crippen LogP contribution in [0.3, 0.4) is 0 Å². The lowest BCUT2D eigenvalue weighted by atomic mass is 9.62. The summed E-state index contributed by atoms with van der Waals surface area (Å²) in [5, 5.41) is 2.56. The van der Waals surface area contributed by atoms with E-state index in [1.807, 2.05) is 12.1 Å². The first-order valence-corrected chi connectivity index (χ1v) is 20.5. The fraction of sp³-hybridized carbons (Fsp3) is 0.0714. The van der Waals surface area contributed by atoms with Crippen LogP contribution in [0, 0.1) is 0 Å². The lowest BCUT2D eigenvalue weighted by molar-refractivity contribution is 0.654. The van der Waals surface area contributed by atoms with E-state index in [4.69, 9.17) is 9.97 Å². The molecule has 0 radical (unpaired) electrons. The normalized spacial score (nSPS) is 15.8. The van der Waals surface area contributed by atoms with Crippen molar-refractivity contribution in [3.05, 3.63) is 234 Å². The molecular formula is C56H39N3. The number of nitrogens with zero attached hydrogens (tertiary/aromatic N) is 3. The van der Waals surface area contributed by atoms with Gasteiger partial charge in [-0.3, -0.25) is 0 Å². The van der Waals surface area contributed by atoms with Crippen LogP contribution >= 0.6 is 0 Å². The molecule has 12 rings (SSSR count). The summed E-state index contributed by atoms with van der Waals surface area (Å²) >= 11 is 0. The molecule has 3 heterocycles. The number of fused-ring (bicyclic) bond motifs is 8. The largest absolute Gasteiger partial charge is 0.309 e. The first kappa shape index (κ1) is 33.7. The Kier molecular flexibility index (Phi) is 7.19. The number of rotatable bonds is 5. The quantitative estimate of drug-likeness (QED) is 0.175. The predicted octanol–water partition coefficient (Wildman–Crippen LogP) is 13.6. The molecule has 0 spiro atoms. The standard InChI is InChI=1S/C56H39N3/c1-55(2)47-33-38(54-57-49(36-17-6-3-7-18-36)35-50(58-54)37-19-8-4-9-20-37)29-31-41(47)42-32-30-40(34-48(42)55)56(39-21-10-5-11-22-39)45-25-13-15-28-52(45)59-51-27-14-12-23-43(51)44-24-16-26-46(56)53(44)59/h3-35H,1-2H3. The molecule has 3 nitrogen and oxygen atoms in total. The Labute approximate surface area is 344 Å². The van der Waals surface area contributed by atoms with Gasteiger partial charge in [-0.05, 0) is 68.8 Å². The molecule has 0 N–H and O–H groups in total. The topological polar surface area (TPSA) is 30.7 Å². The molecule has 1 atom stereocenters. The number of hydrogen-bond donors (Lipinski definition) is 0. The van der Waals surface area contributed by atoms with Gasteiger partial charge in [0.15, 0.2) is 5.82 Å². The lowest BCUT2D eigenvalue weighted by Gasteiger charge is -2.42. The van der Waals surface area contributed by atoms with Gasteiger partial charge >= 0.3 is 0 Å². The van der Waals surface area contributed by atoms with Crippen LogP contribution < -0.4 is 0 Å². The van der Waals surface area contributed by atoms with E-state index in [-0.39, 0.29) is 5.41 Å². The van der Waals surface area contributed by atoms with Crippen molar-refractivity contribution >= 4 is 21.8 Å². The van der Waals surface area contributed by atoms with E-state index in [2.05, 4.69) is 206 Å². The summed E-state index contributed by atoms with van der Waals surface area (Å²) in [6.45, 7) is 4.76. The van der Waals surface area contributed by atoms with Crippen LogP contribution in [0.1, 0.15) is 47.2 Å². The molecule has 278 valence electrons. The Bertz CT molecular complexity index is 3230. The van der Waals surface area contributed by atoms with Gasteiger partial charge < -0.3 is 4.57 Å². The molecule has 0 saturated heterocycles. The van der Waals surface area contributed by atoms with Gasteiger partial charge in [0.25, 0.3) is 0 Å². The first-order valence-electron chi connectivity index (χ1n) is 20.5. The molecule has 10 aromatic rings. The highest BCUT2D eigenvalue weighted by Gasteiger charge is 2.46. The van der Waals surface area contributed by atoms with Gasteiger partial charge in [0.2, 0.25) is 0 Å². The summed E-state index contributed by atoms with van der Waals surface area (Å²) in [4.78, 5) is 10.4. The van der Waals surface area contributed by atoms with Crippen molar-refractivity contribution in [2.24, 2.45) is 0 Å². The van der Waals surface area contributed by atoms with E-state index in [0.717, 1.165) is 33.9 Å². The maximum atomic E-state index is 5.20. The van der Waals surface area contributed by atoms with Crippen molar-refractivity contribution in [2.75, 3.05) is 0 Å². The highest BCUT2D eigenvalue weighted by molar-refractivity contribution is 6.12. The molecule has 0 bridgehead atoms. The average Bonchev–Trinajstić information content (AvgIpc) is 3.76. The Balaban J connectivity index is 1.06. The highest BCUT2D eigenvalue weighted by Crippen LogP contribution is 2.57. The zero-order valence-corrected chi connectivity index (χ0v) is 32.9. The maximum Gasteiger partial charge on any atom is 0.160 e. The minimum absolute atomic E-state index is 0.289. The van der Waals surface area contributed by atoms with Crippen LogP contribution in [0.2, 0.25) is 0 Å². The molecule has 2 aliphatic rings. The van der Waals surface area contributed by atoms with Gasteiger partial charge in [-0.2, -0.15) is 0 Å². The Morgan fingerprint density at radius 2 is 0.983 bits per heavy atom. The first-order chi connectivity index (χ1) is 29.0. The summed E-state index contributed by atoms with van der Waals surface area (Å²) in [5.41, 5.74) is 18.2. The lowest BCUT2D eigenvalue weighted by Crippen LogP contribution is -2.35. The van der Waals surface area contributed by atoms with Crippen molar-refractivity contribution in [3.8, 4) is 50.7 Å². The summed E-state index contributed by atoms with van der Waals surface area (Å²) in [6, 6.07) is 73.1. The van der Waals surface area contributed by atoms with E-state index in [0.29, 0.717) is 0 Å². The summed E-state index contributed by atoms with van der Waals surface area (Å²) in [6.07, 6.45) is 0. The van der Waals surface area contributed by atoms with E-state index in [1.165, 1.54) is 72.0 Å². The summed E-state index contributed by atoms with van der Waals surface area (Å²) < 4.78 is 2.50. The Morgan fingerprint density at radius 3 is 1.71 bits per heavy atom. The van der Waals surface area contributed by atoms with Gasteiger partial charge in [0.1, 0.15) is 0 Å². The third-order valence-corrected chi connectivity index (χ3v) is 13.1. The smallest absolute Gasteiger partial charge is 0.160 e. The highest BCUT2D eigenvalue weighted by atomic mass is 15.0. The van der Waals surface area contributed by atoms with Crippen molar-refractivity contribution in [1.29, 1.82) is 0 Å². The number of aromatic nitrogens is 3.